The van der Waals surface area contributed by atoms with Crippen LogP contribution in [0.2, 0.25) is 0 Å². The Kier molecular flexibility index (Phi) is 5.41. The van der Waals surface area contributed by atoms with E-state index in [1.807, 2.05) is 0 Å². The van der Waals surface area contributed by atoms with Crippen LogP contribution >= 0.6 is 24.0 Å². The van der Waals surface area contributed by atoms with Gasteiger partial charge in [-0.15, -0.1) is 6.58 Å². The molecule has 2 N–H and O–H groups in total. The summed E-state index contributed by atoms with van der Waals surface area (Å²) in [5.41, 5.74) is 0.573. The molecule has 0 aromatic heterocycles. The summed E-state index contributed by atoms with van der Waals surface area (Å²) in [5, 5.41) is 18.4. The van der Waals surface area contributed by atoms with Gasteiger partial charge in [-0.3, -0.25) is 9.69 Å². The summed E-state index contributed by atoms with van der Waals surface area (Å²) in [7, 11) is 0. The van der Waals surface area contributed by atoms with Crippen molar-refractivity contribution in [1.29, 1.82) is 0 Å². The molecule has 0 spiro atoms. The zero-order valence-electron chi connectivity index (χ0n) is 11.9. The van der Waals surface area contributed by atoms with E-state index in [-0.39, 0.29) is 17.4 Å². The number of nitrogens with zero attached hydrogens (tertiary/aromatic N) is 1. The number of aromatic hydroxyl groups is 1. The Bertz CT molecular complexity index is 714. The lowest BCUT2D eigenvalue weighted by Gasteiger charge is -2.10. The fourth-order valence-corrected chi connectivity index (χ4v) is 3.10. The van der Waals surface area contributed by atoms with Crippen LogP contribution < -0.4 is 4.74 Å². The predicted molar refractivity (Wildman–Crippen MR) is 91.3 cm³/mol. The molecule has 1 aromatic carbocycles. The molecule has 2 rings (SSSR count). The molecule has 1 amide bonds. The minimum Gasteiger partial charge on any atom is -0.504 e. The number of amides is 1. The molecule has 6 nitrogen and oxygen atoms in total. The molecule has 0 aliphatic carbocycles. The Hall–Kier alpha value is -2.32. The number of thiocarbonyl (C=S) groups is 1. The van der Waals surface area contributed by atoms with Crippen molar-refractivity contribution in [2.45, 2.75) is 0 Å². The summed E-state index contributed by atoms with van der Waals surface area (Å²) < 4.78 is 5.38. The Morgan fingerprint density at radius 1 is 1.48 bits per heavy atom. The Morgan fingerprint density at radius 3 is 2.83 bits per heavy atom. The highest BCUT2D eigenvalue weighted by Gasteiger charge is 2.30. The second kappa shape index (κ2) is 7.30. The van der Waals surface area contributed by atoms with Gasteiger partial charge in [-0.05, 0) is 23.8 Å². The predicted octanol–water partition coefficient (Wildman–Crippen LogP) is 2.24. The molecule has 1 aliphatic heterocycles. The van der Waals surface area contributed by atoms with Crippen molar-refractivity contribution in [3.63, 3.8) is 0 Å². The van der Waals surface area contributed by atoms with Crippen molar-refractivity contribution in [2.24, 2.45) is 0 Å². The lowest BCUT2D eigenvalue weighted by molar-refractivity contribution is -0.139. The van der Waals surface area contributed by atoms with Gasteiger partial charge in [0.05, 0.1) is 4.91 Å². The molecule has 1 fully saturated rings. The van der Waals surface area contributed by atoms with Crippen LogP contribution in [-0.2, 0) is 9.59 Å². The first-order valence-corrected chi connectivity index (χ1v) is 7.68. The maximum Gasteiger partial charge on any atom is 0.341 e. The molecule has 0 saturated carbocycles. The third kappa shape index (κ3) is 4.11. The second-order valence-electron chi connectivity index (χ2n) is 4.49. The highest BCUT2D eigenvalue weighted by molar-refractivity contribution is 8.26. The van der Waals surface area contributed by atoms with Gasteiger partial charge in [-0.1, -0.05) is 36.1 Å². The fraction of sp³-hybridized carbons (Fsp3) is 0.133. The van der Waals surface area contributed by atoms with E-state index in [1.54, 1.807) is 18.2 Å². The van der Waals surface area contributed by atoms with Crippen LogP contribution in [0.5, 0.6) is 11.5 Å². The first-order chi connectivity index (χ1) is 10.9. The van der Waals surface area contributed by atoms with E-state index in [0.717, 1.165) is 0 Å². The van der Waals surface area contributed by atoms with Crippen molar-refractivity contribution in [3.8, 4) is 11.5 Å². The van der Waals surface area contributed by atoms with Crippen LogP contribution in [0.15, 0.2) is 35.8 Å². The molecule has 23 heavy (non-hydrogen) atoms. The number of carboxylic acid groups (broad SMARTS) is 1. The summed E-state index contributed by atoms with van der Waals surface area (Å²) in [4.78, 5) is 24.5. The molecule has 120 valence electrons. The van der Waals surface area contributed by atoms with Crippen LogP contribution in [-0.4, -0.2) is 44.5 Å². The smallest absolute Gasteiger partial charge is 0.341 e. The Balaban J connectivity index is 2.18. The average Bonchev–Trinajstić information content (AvgIpc) is 2.74. The minimum atomic E-state index is -1.14. The molecule has 8 heteroatoms. The van der Waals surface area contributed by atoms with E-state index in [1.165, 1.54) is 28.8 Å². The number of carboxylic acids is 1. The van der Waals surface area contributed by atoms with Gasteiger partial charge in [0.1, 0.15) is 4.32 Å². The van der Waals surface area contributed by atoms with E-state index in [0.29, 0.717) is 21.3 Å². The van der Waals surface area contributed by atoms with Gasteiger partial charge in [0.2, 0.25) is 0 Å². The van der Waals surface area contributed by atoms with Crippen LogP contribution in [0.3, 0.4) is 0 Å². The molecule has 0 atom stereocenters. The molecular formula is C15H13NO5S2. The van der Waals surface area contributed by atoms with Gasteiger partial charge < -0.3 is 14.9 Å². The topological polar surface area (TPSA) is 87.1 Å². The summed E-state index contributed by atoms with van der Waals surface area (Å²) >= 11 is 6.31. The number of hydrogen-bond donors (Lipinski definition) is 2. The first kappa shape index (κ1) is 17.0. The van der Waals surface area contributed by atoms with Gasteiger partial charge in [0, 0.05) is 6.54 Å². The second-order valence-corrected chi connectivity index (χ2v) is 6.17. The molecule has 1 heterocycles. The molecule has 0 radical (unpaired) electrons. The van der Waals surface area contributed by atoms with Crippen molar-refractivity contribution in [3.05, 3.63) is 41.3 Å². The van der Waals surface area contributed by atoms with Crippen molar-refractivity contribution < 1.29 is 24.5 Å². The maximum absolute atomic E-state index is 12.2. The standard InChI is InChI=1S/C15H13NO5S2/c1-2-5-16-14(20)12(23-15(16)22)7-9-3-4-11(10(17)6-9)21-8-13(18)19/h2-4,6-7,17H,1,5,8H2,(H,18,19)/b12-7-. The molecule has 1 aliphatic rings. The zero-order chi connectivity index (χ0) is 17.0. The van der Waals surface area contributed by atoms with E-state index >= 15 is 0 Å². The number of carbonyl (C=O) groups is 2. The van der Waals surface area contributed by atoms with Gasteiger partial charge in [0.25, 0.3) is 5.91 Å². The van der Waals surface area contributed by atoms with Crippen molar-refractivity contribution in [2.75, 3.05) is 13.2 Å². The normalized spacial score (nSPS) is 16.0. The SMILES string of the molecule is C=CCN1C(=O)/C(=C/c2ccc(OCC(=O)O)c(O)c2)SC1=S. The zero-order valence-corrected chi connectivity index (χ0v) is 13.5. The maximum atomic E-state index is 12.2. The van der Waals surface area contributed by atoms with E-state index in [2.05, 4.69) is 6.58 Å². The highest BCUT2D eigenvalue weighted by Crippen LogP contribution is 2.34. The lowest BCUT2D eigenvalue weighted by Crippen LogP contribution is -2.27. The minimum absolute atomic E-state index is 0.0590. The summed E-state index contributed by atoms with van der Waals surface area (Å²) in [5.74, 6) is -1.50. The van der Waals surface area contributed by atoms with Gasteiger partial charge in [-0.2, -0.15) is 0 Å². The third-order valence-electron chi connectivity index (χ3n) is 2.82. The van der Waals surface area contributed by atoms with E-state index in [4.69, 9.17) is 22.1 Å². The summed E-state index contributed by atoms with van der Waals surface area (Å²) in [6.45, 7) is 3.38. The van der Waals surface area contributed by atoms with Crippen LogP contribution in [0.25, 0.3) is 6.08 Å². The number of hydrogen-bond acceptors (Lipinski definition) is 6. The average molecular weight is 351 g/mol. The number of aliphatic carboxylic acids is 1. The number of rotatable bonds is 6. The first-order valence-electron chi connectivity index (χ1n) is 6.46. The van der Waals surface area contributed by atoms with Crippen LogP contribution in [0, 0.1) is 0 Å². The molecule has 1 aromatic rings. The van der Waals surface area contributed by atoms with E-state index < -0.39 is 12.6 Å². The fourth-order valence-electron chi connectivity index (χ4n) is 1.82. The molecule has 0 bridgehead atoms. The summed E-state index contributed by atoms with van der Waals surface area (Å²) in [6.07, 6.45) is 3.19. The van der Waals surface area contributed by atoms with Gasteiger partial charge >= 0.3 is 5.97 Å². The van der Waals surface area contributed by atoms with Crippen molar-refractivity contribution >= 4 is 46.3 Å². The Morgan fingerprint density at radius 2 is 2.22 bits per heavy atom. The van der Waals surface area contributed by atoms with E-state index in [9.17, 15) is 14.7 Å². The van der Waals surface area contributed by atoms with Crippen molar-refractivity contribution in [1.82, 2.24) is 4.90 Å². The Labute approximate surface area is 142 Å². The number of carbonyl (C=O) groups excluding carboxylic acids is 1. The van der Waals surface area contributed by atoms with Crippen LogP contribution in [0.1, 0.15) is 5.56 Å². The third-order valence-corrected chi connectivity index (χ3v) is 4.19. The number of benzene rings is 1. The molecule has 1 saturated heterocycles. The number of thioether (sulfide) groups is 1. The summed E-state index contributed by atoms with van der Waals surface area (Å²) in [6, 6.07) is 4.43. The quantitative estimate of drug-likeness (QED) is 0.462. The number of phenols is 1. The monoisotopic (exact) mass is 351 g/mol. The number of ether oxygens (including phenoxy) is 1. The molecule has 0 unspecified atom stereocenters. The van der Waals surface area contributed by atoms with Gasteiger partial charge in [0.15, 0.2) is 18.1 Å². The highest BCUT2D eigenvalue weighted by atomic mass is 32.2. The largest absolute Gasteiger partial charge is 0.504 e. The van der Waals surface area contributed by atoms with Gasteiger partial charge in [-0.25, -0.2) is 4.79 Å². The molecular weight excluding hydrogens is 338 g/mol. The lowest BCUT2D eigenvalue weighted by atomic mass is 10.2. The van der Waals surface area contributed by atoms with Crippen LogP contribution in [0.4, 0.5) is 0 Å². The number of phenolic OH excluding ortho intramolecular Hbond substituents is 1.